The molecule has 0 heterocycles. The van der Waals surface area contributed by atoms with Crippen molar-refractivity contribution in [2.75, 3.05) is 0 Å². The van der Waals surface area contributed by atoms with Gasteiger partial charge in [0.2, 0.25) is 0 Å². The lowest BCUT2D eigenvalue weighted by atomic mass is 9.90. The second kappa shape index (κ2) is 4.98. The lowest BCUT2D eigenvalue weighted by Crippen LogP contribution is -2.01. The van der Waals surface area contributed by atoms with Crippen LogP contribution in [0.1, 0.15) is 44.7 Å². The first-order valence-electron chi connectivity index (χ1n) is 5.55. The van der Waals surface area contributed by atoms with Gasteiger partial charge < -0.3 is 0 Å². The summed E-state index contributed by atoms with van der Waals surface area (Å²) < 4.78 is 0. The van der Waals surface area contributed by atoms with E-state index in [9.17, 15) is 0 Å². The monoisotopic (exact) mass is 201 g/mol. The minimum Gasteiger partial charge on any atom is -0.238 e. The molecule has 0 saturated carbocycles. The first kappa shape index (κ1) is 11.8. The average molecular weight is 201 g/mol. The highest BCUT2D eigenvalue weighted by Gasteiger charge is 2.12. The molecule has 0 N–H and O–H groups in total. The Morgan fingerprint density at radius 3 is 2.33 bits per heavy atom. The molecular weight excluding hydrogens is 182 g/mol. The average Bonchev–Trinajstić information content (AvgIpc) is 2.15. The standard InChI is InChI=1S/C14H19N/c1-10(2)9-12-7-6-8-13(15-5)14(12)11(3)4/h6-8,10-11H,9H2,1-4H3. The first-order chi connectivity index (χ1) is 7.06. The second-order valence-corrected chi connectivity index (χ2v) is 4.71. The summed E-state index contributed by atoms with van der Waals surface area (Å²) in [5.41, 5.74) is 3.40. The van der Waals surface area contributed by atoms with E-state index in [0.717, 1.165) is 12.1 Å². The molecule has 0 aliphatic heterocycles. The van der Waals surface area contributed by atoms with Gasteiger partial charge in [-0.05, 0) is 23.8 Å². The fourth-order valence-electron chi connectivity index (χ4n) is 1.98. The van der Waals surface area contributed by atoms with Crippen molar-refractivity contribution in [3.63, 3.8) is 0 Å². The topological polar surface area (TPSA) is 4.36 Å². The lowest BCUT2D eigenvalue weighted by molar-refractivity contribution is 0.639. The van der Waals surface area contributed by atoms with Gasteiger partial charge in [-0.15, -0.1) is 0 Å². The SMILES string of the molecule is [C-]#[N+]c1cccc(CC(C)C)c1C(C)C. The van der Waals surface area contributed by atoms with Crippen LogP contribution in [0.5, 0.6) is 0 Å². The van der Waals surface area contributed by atoms with Crippen molar-refractivity contribution in [2.24, 2.45) is 5.92 Å². The van der Waals surface area contributed by atoms with Crippen LogP contribution < -0.4 is 0 Å². The molecule has 0 amide bonds. The third-order valence-corrected chi connectivity index (χ3v) is 2.50. The third kappa shape index (κ3) is 2.83. The summed E-state index contributed by atoms with van der Waals surface area (Å²) in [6, 6.07) is 6.08. The minimum absolute atomic E-state index is 0.434. The molecule has 0 bridgehead atoms. The maximum absolute atomic E-state index is 7.18. The van der Waals surface area contributed by atoms with Crippen LogP contribution in [0.2, 0.25) is 0 Å². The predicted octanol–water partition coefficient (Wildman–Crippen LogP) is 4.56. The Labute approximate surface area is 93.0 Å². The fraction of sp³-hybridized carbons (Fsp3) is 0.500. The van der Waals surface area contributed by atoms with Crippen molar-refractivity contribution in [3.8, 4) is 0 Å². The molecule has 1 rings (SSSR count). The number of nitrogens with zero attached hydrogens (tertiary/aromatic N) is 1. The molecule has 80 valence electrons. The van der Waals surface area contributed by atoms with E-state index in [1.54, 1.807) is 0 Å². The Balaban J connectivity index is 3.21. The van der Waals surface area contributed by atoms with Gasteiger partial charge in [0.25, 0.3) is 0 Å². The zero-order valence-corrected chi connectivity index (χ0v) is 10.0. The van der Waals surface area contributed by atoms with Gasteiger partial charge in [0.05, 0.1) is 6.57 Å². The van der Waals surface area contributed by atoms with Crippen LogP contribution in [-0.2, 0) is 6.42 Å². The van der Waals surface area contributed by atoms with E-state index in [1.807, 2.05) is 12.1 Å². The zero-order valence-electron chi connectivity index (χ0n) is 10.0. The summed E-state index contributed by atoms with van der Waals surface area (Å²) in [5, 5.41) is 0. The molecule has 15 heavy (non-hydrogen) atoms. The van der Waals surface area contributed by atoms with E-state index in [4.69, 9.17) is 6.57 Å². The van der Waals surface area contributed by atoms with Gasteiger partial charge in [-0.1, -0.05) is 51.5 Å². The highest BCUT2D eigenvalue weighted by Crippen LogP contribution is 2.31. The molecule has 1 aromatic rings. The van der Waals surface area contributed by atoms with Gasteiger partial charge >= 0.3 is 0 Å². The van der Waals surface area contributed by atoms with Gasteiger partial charge in [-0.3, -0.25) is 0 Å². The second-order valence-electron chi connectivity index (χ2n) is 4.71. The van der Waals surface area contributed by atoms with Crippen molar-refractivity contribution >= 4 is 5.69 Å². The molecule has 1 nitrogen and oxygen atoms in total. The Hall–Kier alpha value is -1.29. The number of hydrogen-bond acceptors (Lipinski definition) is 0. The van der Waals surface area contributed by atoms with Crippen LogP contribution in [0.25, 0.3) is 4.85 Å². The van der Waals surface area contributed by atoms with Gasteiger partial charge in [0, 0.05) is 0 Å². The molecule has 0 atom stereocenters. The van der Waals surface area contributed by atoms with E-state index in [0.29, 0.717) is 11.8 Å². The van der Waals surface area contributed by atoms with Gasteiger partial charge in [-0.2, -0.15) is 0 Å². The Bertz CT molecular complexity index is 369. The fourth-order valence-corrected chi connectivity index (χ4v) is 1.98. The summed E-state index contributed by atoms with van der Waals surface area (Å²) in [7, 11) is 0. The molecule has 0 aliphatic carbocycles. The Kier molecular flexibility index (Phi) is 3.91. The van der Waals surface area contributed by atoms with E-state index >= 15 is 0 Å². The molecule has 0 fully saturated rings. The van der Waals surface area contributed by atoms with Crippen molar-refractivity contribution in [1.29, 1.82) is 0 Å². The smallest absolute Gasteiger partial charge is 0.190 e. The lowest BCUT2D eigenvalue weighted by Gasteiger charge is -2.16. The molecule has 1 aromatic carbocycles. The summed E-state index contributed by atoms with van der Waals surface area (Å²) in [6.07, 6.45) is 1.07. The Morgan fingerprint density at radius 2 is 1.87 bits per heavy atom. The molecular formula is C14H19N. The van der Waals surface area contributed by atoms with E-state index in [1.165, 1.54) is 11.1 Å². The summed E-state index contributed by atoms with van der Waals surface area (Å²) in [5.74, 6) is 1.08. The maximum Gasteiger partial charge on any atom is 0.190 e. The van der Waals surface area contributed by atoms with Crippen LogP contribution >= 0.6 is 0 Å². The number of hydrogen-bond donors (Lipinski definition) is 0. The molecule has 1 heteroatoms. The van der Waals surface area contributed by atoms with Crippen LogP contribution in [0.3, 0.4) is 0 Å². The first-order valence-corrected chi connectivity index (χ1v) is 5.55. The third-order valence-electron chi connectivity index (χ3n) is 2.50. The summed E-state index contributed by atoms with van der Waals surface area (Å²) >= 11 is 0. The van der Waals surface area contributed by atoms with Crippen LogP contribution in [0.15, 0.2) is 18.2 Å². The van der Waals surface area contributed by atoms with Crippen molar-refractivity contribution < 1.29 is 0 Å². The summed E-state index contributed by atoms with van der Waals surface area (Å²) in [4.78, 5) is 3.61. The van der Waals surface area contributed by atoms with E-state index < -0.39 is 0 Å². The van der Waals surface area contributed by atoms with Gasteiger partial charge in [0.15, 0.2) is 5.69 Å². The molecule has 0 spiro atoms. The molecule has 0 radical (unpaired) electrons. The maximum atomic E-state index is 7.18. The minimum atomic E-state index is 0.434. The van der Waals surface area contributed by atoms with Crippen molar-refractivity contribution in [1.82, 2.24) is 0 Å². The zero-order chi connectivity index (χ0) is 11.4. The largest absolute Gasteiger partial charge is 0.238 e. The van der Waals surface area contributed by atoms with Crippen LogP contribution in [0.4, 0.5) is 5.69 Å². The number of rotatable bonds is 3. The quantitative estimate of drug-likeness (QED) is 0.631. The van der Waals surface area contributed by atoms with Crippen LogP contribution in [0, 0.1) is 12.5 Å². The number of benzene rings is 1. The van der Waals surface area contributed by atoms with Gasteiger partial charge in [0.1, 0.15) is 0 Å². The normalized spacial score (nSPS) is 10.7. The van der Waals surface area contributed by atoms with Crippen molar-refractivity contribution in [3.05, 3.63) is 40.7 Å². The Morgan fingerprint density at radius 1 is 1.20 bits per heavy atom. The van der Waals surface area contributed by atoms with Crippen molar-refractivity contribution in [2.45, 2.75) is 40.0 Å². The van der Waals surface area contributed by atoms with E-state index in [2.05, 4.69) is 38.6 Å². The van der Waals surface area contributed by atoms with Crippen LogP contribution in [-0.4, -0.2) is 0 Å². The highest BCUT2D eigenvalue weighted by atomic mass is 14.6. The highest BCUT2D eigenvalue weighted by molar-refractivity contribution is 5.57. The summed E-state index contributed by atoms with van der Waals surface area (Å²) in [6.45, 7) is 15.9. The molecule has 0 unspecified atom stereocenters. The molecule has 0 aliphatic rings. The van der Waals surface area contributed by atoms with Gasteiger partial charge in [-0.25, -0.2) is 4.85 Å². The molecule has 0 aromatic heterocycles. The van der Waals surface area contributed by atoms with E-state index in [-0.39, 0.29) is 0 Å². The molecule has 0 saturated heterocycles. The predicted molar refractivity (Wildman–Crippen MR) is 65.3 cm³/mol.